The summed E-state index contributed by atoms with van der Waals surface area (Å²) in [7, 11) is 0. The van der Waals surface area contributed by atoms with Crippen LogP contribution in [-0.4, -0.2) is 37.3 Å². The predicted molar refractivity (Wildman–Crippen MR) is 162 cm³/mol. The van der Waals surface area contributed by atoms with E-state index < -0.39 is 0 Å². The molecular weight excluding hydrogens is 555 g/mol. The standard InChI is InChI=1S/C32H30Cl2N6O/c33-24-18-35-19-25(34)30(24)32(41)37-17-22-12-10-21(11-13-22)14-16-40(20-29-38-26-7-1-2-8-27(26)39-29)28-9-3-5-23-6-4-15-36-31(23)28/h1-2,4,6-8,10-13,15,18-19,28H,3,5,9,14,16-17,20H2,(H,37,41)(H,38,39). The van der Waals surface area contributed by atoms with Crippen molar-refractivity contribution >= 4 is 40.1 Å². The zero-order valence-corrected chi connectivity index (χ0v) is 24.0. The van der Waals surface area contributed by atoms with Gasteiger partial charge >= 0.3 is 0 Å². The van der Waals surface area contributed by atoms with Gasteiger partial charge in [0.2, 0.25) is 0 Å². The normalized spacial score (nSPS) is 14.8. The van der Waals surface area contributed by atoms with Crippen molar-refractivity contribution in [2.75, 3.05) is 6.54 Å². The number of nitrogens with one attached hydrogen (secondary N) is 2. The third kappa shape index (κ3) is 6.27. The van der Waals surface area contributed by atoms with Gasteiger partial charge in [0.05, 0.1) is 44.9 Å². The Morgan fingerprint density at radius 1 is 1.00 bits per heavy atom. The molecule has 1 amide bonds. The van der Waals surface area contributed by atoms with Gasteiger partial charge in [-0.2, -0.15) is 0 Å². The molecule has 0 saturated carbocycles. The van der Waals surface area contributed by atoms with E-state index in [1.54, 1.807) is 0 Å². The molecule has 1 unspecified atom stereocenters. The number of halogens is 2. The number of H-pyrrole nitrogens is 1. The molecule has 2 N–H and O–H groups in total. The van der Waals surface area contributed by atoms with Gasteiger partial charge in [0.15, 0.2) is 0 Å². The average molecular weight is 586 g/mol. The minimum atomic E-state index is -0.325. The number of amides is 1. The van der Waals surface area contributed by atoms with Crippen molar-refractivity contribution in [3.05, 3.63) is 123 Å². The first kappa shape index (κ1) is 27.4. The highest BCUT2D eigenvalue weighted by Gasteiger charge is 2.28. The van der Waals surface area contributed by atoms with Crippen LogP contribution >= 0.6 is 23.2 Å². The molecule has 0 radical (unpaired) electrons. The Hall–Kier alpha value is -3.78. The maximum atomic E-state index is 12.6. The summed E-state index contributed by atoms with van der Waals surface area (Å²) in [6.07, 6.45) is 8.92. The fourth-order valence-electron chi connectivity index (χ4n) is 5.55. The van der Waals surface area contributed by atoms with Gasteiger partial charge in [0.1, 0.15) is 5.82 Å². The minimum absolute atomic E-state index is 0.230. The summed E-state index contributed by atoms with van der Waals surface area (Å²) in [4.78, 5) is 32.2. The second-order valence-corrected chi connectivity index (χ2v) is 11.2. The maximum absolute atomic E-state index is 12.6. The third-order valence-electron chi connectivity index (χ3n) is 7.64. The zero-order chi connectivity index (χ0) is 28.2. The highest BCUT2D eigenvalue weighted by atomic mass is 35.5. The number of carbonyl (C=O) groups excluding carboxylic acids is 1. The van der Waals surface area contributed by atoms with Crippen LogP contribution in [0.15, 0.2) is 79.3 Å². The van der Waals surface area contributed by atoms with Crippen molar-refractivity contribution < 1.29 is 4.79 Å². The molecule has 6 rings (SSSR count). The van der Waals surface area contributed by atoms with Crippen LogP contribution in [0.2, 0.25) is 10.0 Å². The molecule has 5 aromatic rings. The predicted octanol–water partition coefficient (Wildman–Crippen LogP) is 6.71. The molecule has 208 valence electrons. The number of hydrogen-bond donors (Lipinski definition) is 2. The van der Waals surface area contributed by atoms with Crippen molar-refractivity contribution in [2.24, 2.45) is 0 Å². The zero-order valence-electron chi connectivity index (χ0n) is 22.5. The van der Waals surface area contributed by atoms with Crippen LogP contribution < -0.4 is 5.32 Å². The van der Waals surface area contributed by atoms with Crippen molar-refractivity contribution in [2.45, 2.75) is 44.8 Å². The number of fused-ring (bicyclic) bond motifs is 2. The van der Waals surface area contributed by atoms with Crippen LogP contribution in [0, 0.1) is 0 Å². The van der Waals surface area contributed by atoms with Crippen molar-refractivity contribution in [1.29, 1.82) is 0 Å². The van der Waals surface area contributed by atoms with Crippen LogP contribution in [0.3, 0.4) is 0 Å². The molecule has 0 aliphatic heterocycles. The molecule has 3 heterocycles. The van der Waals surface area contributed by atoms with Crippen molar-refractivity contribution in [1.82, 2.24) is 30.2 Å². The van der Waals surface area contributed by atoms with Crippen LogP contribution in [0.1, 0.15) is 57.5 Å². The van der Waals surface area contributed by atoms with E-state index >= 15 is 0 Å². The monoisotopic (exact) mass is 584 g/mol. The highest BCUT2D eigenvalue weighted by Crippen LogP contribution is 2.34. The van der Waals surface area contributed by atoms with E-state index in [9.17, 15) is 4.79 Å². The molecule has 0 saturated heterocycles. The van der Waals surface area contributed by atoms with Crippen molar-refractivity contribution in [3.63, 3.8) is 0 Å². The number of imidazole rings is 1. The molecule has 1 aliphatic rings. The van der Waals surface area contributed by atoms with E-state index in [2.05, 4.69) is 44.5 Å². The number of para-hydroxylation sites is 2. The van der Waals surface area contributed by atoms with E-state index in [4.69, 9.17) is 33.2 Å². The quantitative estimate of drug-likeness (QED) is 0.201. The van der Waals surface area contributed by atoms with Gasteiger partial charge in [-0.15, -0.1) is 0 Å². The van der Waals surface area contributed by atoms with Crippen molar-refractivity contribution in [3.8, 4) is 0 Å². The molecule has 0 bridgehead atoms. The van der Waals surface area contributed by atoms with Gasteiger partial charge in [0, 0.05) is 31.7 Å². The summed E-state index contributed by atoms with van der Waals surface area (Å²) in [5.41, 5.74) is 7.04. The lowest BCUT2D eigenvalue weighted by Gasteiger charge is -2.34. The topological polar surface area (TPSA) is 86.8 Å². The second kappa shape index (κ2) is 12.4. The summed E-state index contributed by atoms with van der Waals surface area (Å²) in [6, 6.07) is 21.0. The Labute approximate surface area is 249 Å². The second-order valence-electron chi connectivity index (χ2n) is 10.4. The molecule has 0 fully saturated rings. The number of pyridine rings is 2. The molecule has 9 heteroatoms. The van der Waals surface area contributed by atoms with E-state index in [1.807, 2.05) is 42.6 Å². The molecule has 0 spiro atoms. The Balaban J connectivity index is 1.14. The van der Waals surface area contributed by atoms with Crippen LogP contribution in [0.25, 0.3) is 11.0 Å². The molecule has 2 aromatic carbocycles. The van der Waals surface area contributed by atoms with Gasteiger partial charge in [-0.3, -0.25) is 19.7 Å². The lowest BCUT2D eigenvalue weighted by atomic mass is 9.90. The Morgan fingerprint density at radius 3 is 2.59 bits per heavy atom. The number of aromatic nitrogens is 4. The van der Waals surface area contributed by atoms with Gasteiger partial charge < -0.3 is 10.3 Å². The number of benzene rings is 2. The number of hydrogen-bond acceptors (Lipinski definition) is 5. The Kier molecular flexibility index (Phi) is 8.28. The van der Waals surface area contributed by atoms with Crippen LogP contribution in [-0.2, 0) is 25.9 Å². The first-order valence-electron chi connectivity index (χ1n) is 13.8. The molecule has 7 nitrogen and oxygen atoms in total. The number of carbonyl (C=O) groups is 1. The maximum Gasteiger partial charge on any atom is 0.254 e. The number of nitrogens with zero attached hydrogens (tertiary/aromatic N) is 4. The molecule has 41 heavy (non-hydrogen) atoms. The summed E-state index contributed by atoms with van der Waals surface area (Å²) >= 11 is 12.2. The number of aromatic amines is 1. The van der Waals surface area contributed by atoms with E-state index in [0.29, 0.717) is 6.54 Å². The summed E-state index contributed by atoms with van der Waals surface area (Å²) in [5, 5.41) is 3.36. The largest absolute Gasteiger partial charge is 0.348 e. The minimum Gasteiger partial charge on any atom is -0.348 e. The van der Waals surface area contributed by atoms with E-state index in [0.717, 1.165) is 61.2 Å². The first-order chi connectivity index (χ1) is 20.0. The summed E-state index contributed by atoms with van der Waals surface area (Å²) in [6.45, 7) is 1.96. The number of aryl methyl sites for hydroxylation is 1. The fraction of sp³-hybridized carbons (Fsp3) is 0.250. The van der Waals surface area contributed by atoms with Gasteiger partial charge in [-0.05, 0) is 60.6 Å². The third-order valence-corrected chi connectivity index (χ3v) is 8.21. The summed E-state index contributed by atoms with van der Waals surface area (Å²) < 4.78 is 0. The SMILES string of the molecule is O=C(NCc1ccc(CCN(Cc2nc3ccccc3[nH]2)C2CCCc3cccnc32)cc1)c1c(Cl)cncc1Cl. The van der Waals surface area contributed by atoms with Crippen LogP contribution in [0.5, 0.6) is 0 Å². The van der Waals surface area contributed by atoms with Crippen LogP contribution in [0.4, 0.5) is 0 Å². The van der Waals surface area contributed by atoms with E-state index in [-0.39, 0.29) is 27.6 Å². The average Bonchev–Trinajstić information content (AvgIpc) is 3.41. The lowest BCUT2D eigenvalue weighted by molar-refractivity contribution is 0.0951. The first-order valence-corrected chi connectivity index (χ1v) is 14.6. The molecular formula is C32H30Cl2N6O. The van der Waals surface area contributed by atoms with Gasteiger partial charge in [-0.1, -0.05) is 65.7 Å². The molecule has 3 aromatic heterocycles. The molecule has 1 aliphatic carbocycles. The Morgan fingerprint density at radius 2 is 1.78 bits per heavy atom. The Bertz CT molecular complexity index is 1620. The fourth-order valence-corrected chi connectivity index (χ4v) is 6.09. The number of rotatable bonds is 9. The highest BCUT2D eigenvalue weighted by molar-refractivity contribution is 6.39. The van der Waals surface area contributed by atoms with E-state index in [1.165, 1.54) is 29.2 Å². The summed E-state index contributed by atoms with van der Waals surface area (Å²) in [5.74, 6) is 0.642. The molecule has 1 atom stereocenters. The smallest absolute Gasteiger partial charge is 0.254 e. The van der Waals surface area contributed by atoms with Gasteiger partial charge in [-0.25, -0.2) is 4.98 Å². The van der Waals surface area contributed by atoms with Gasteiger partial charge in [0.25, 0.3) is 5.91 Å². The lowest BCUT2D eigenvalue weighted by Crippen LogP contribution is -2.33.